The molecule has 1 aromatic carbocycles. The lowest BCUT2D eigenvalue weighted by Crippen LogP contribution is -2.29. The highest BCUT2D eigenvalue weighted by Gasteiger charge is 2.15. The molecule has 7 nitrogen and oxygen atoms in total. The minimum absolute atomic E-state index is 0.185. The second kappa shape index (κ2) is 8.21. The summed E-state index contributed by atoms with van der Waals surface area (Å²) in [5, 5.41) is 7.11. The average Bonchev–Trinajstić information content (AvgIpc) is 3.25. The zero-order valence-corrected chi connectivity index (χ0v) is 16.0. The summed E-state index contributed by atoms with van der Waals surface area (Å²) in [6.45, 7) is 5.07. The Balaban J connectivity index is 1.32. The van der Waals surface area contributed by atoms with Gasteiger partial charge < -0.3 is 15.5 Å². The van der Waals surface area contributed by atoms with Gasteiger partial charge in [-0.15, -0.1) is 0 Å². The van der Waals surface area contributed by atoms with Crippen molar-refractivity contribution in [3.63, 3.8) is 0 Å². The normalized spacial score (nSPS) is 13.7. The van der Waals surface area contributed by atoms with Gasteiger partial charge in [0.05, 0.1) is 5.52 Å². The second-order valence-corrected chi connectivity index (χ2v) is 6.96. The number of nitrogens with one attached hydrogen (secondary N) is 2. The number of anilines is 2. The highest BCUT2D eigenvalue weighted by Crippen LogP contribution is 2.19. The van der Waals surface area contributed by atoms with Crippen LogP contribution < -0.4 is 15.5 Å². The molecule has 1 fully saturated rings. The summed E-state index contributed by atoms with van der Waals surface area (Å²) in [5.41, 5.74) is 2.17. The molecule has 0 radical (unpaired) electrons. The third-order valence-electron chi connectivity index (χ3n) is 4.80. The van der Waals surface area contributed by atoms with Gasteiger partial charge in [-0.2, -0.15) is 4.98 Å². The molecule has 0 spiro atoms. The smallest absolute Gasteiger partial charge is 0.269 e. The number of aromatic nitrogens is 3. The van der Waals surface area contributed by atoms with Gasteiger partial charge in [-0.25, -0.2) is 9.97 Å². The van der Waals surface area contributed by atoms with Gasteiger partial charge >= 0.3 is 0 Å². The van der Waals surface area contributed by atoms with Crippen molar-refractivity contribution in [2.45, 2.75) is 19.8 Å². The first-order chi connectivity index (χ1) is 13.7. The van der Waals surface area contributed by atoms with Gasteiger partial charge in [0.2, 0.25) is 5.95 Å². The van der Waals surface area contributed by atoms with Gasteiger partial charge in [0, 0.05) is 43.3 Å². The Morgan fingerprint density at radius 2 is 1.86 bits per heavy atom. The fraction of sp³-hybridized carbons (Fsp3) is 0.333. The van der Waals surface area contributed by atoms with Gasteiger partial charge in [0.15, 0.2) is 0 Å². The van der Waals surface area contributed by atoms with Crippen LogP contribution in [0.2, 0.25) is 0 Å². The van der Waals surface area contributed by atoms with Gasteiger partial charge in [-0.05, 0) is 31.9 Å². The highest BCUT2D eigenvalue weighted by atomic mass is 16.1. The van der Waals surface area contributed by atoms with Crippen molar-refractivity contribution >= 4 is 28.6 Å². The molecular weight excluding hydrogens is 352 g/mol. The lowest BCUT2D eigenvalue weighted by molar-refractivity contribution is 0.0950. The molecule has 144 valence electrons. The van der Waals surface area contributed by atoms with Crippen molar-refractivity contribution in [1.82, 2.24) is 20.3 Å². The van der Waals surface area contributed by atoms with Crippen LogP contribution in [0, 0.1) is 6.92 Å². The standard InChI is InChI=1S/C21H24N6O/c1-15-14-19(27-12-4-5-13-27)26-21(24-15)23-11-10-22-20(28)18-9-8-16-6-2-3-7-17(16)25-18/h2-3,6-9,14H,4-5,10-13H2,1H3,(H,22,28)(H,23,24,26). The lowest BCUT2D eigenvalue weighted by Gasteiger charge is -2.17. The minimum atomic E-state index is -0.185. The van der Waals surface area contributed by atoms with E-state index in [1.165, 1.54) is 12.8 Å². The fourth-order valence-corrected chi connectivity index (χ4v) is 3.37. The Kier molecular flexibility index (Phi) is 5.32. The van der Waals surface area contributed by atoms with Gasteiger partial charge in [-0.3, -0.25) is 4.79 Å². The Morgan fingerprint density at radius 3 is 2.71 bits per heavy atom. The Hall–Kier alpha value is -3.22. The molecule has 0 bridgehead atoms. The van der Waals surface area contributed by atoms with E-state index >= 15 is 0 Å². The van der Waals surface area contributed by atoms with Crippen molar-refractivity contribution in [3.05, 3.63) is 53.9 Å². The molecule has 1 saturated heterocycles. The maximum Gasteiger partial charge on any atom is 0.269 e. The van der Waals surface area contributed by atoms with E-state index in [0.29, 0.717) is 24.7 Å². The summed E-state index contributed by atoms with van der Waals surface area (Å²) in [4.78, 5) is 28.1. The Bertz CT molecular complexity index is 984. The molecule has 7 heteroatoms. The van der Waals surface area contributed by atoms with Gasteiger partial charge in [0.1, 0.15) is 11.5 Å². The number of nitrogens with zero attached hydrogens (tertiary/aromatic N) is 4. The molecular formula is C21H24N6O. The molecule has 0 atom stereocenters. The average molecular weight is 376 g/mol. The number of amides is 1. The number of hydrogen-bond donors (Lipinski definition) is 2. The molecule has 0 aliphatic carbocycles. The highest BCUT2D eigenvalue weighted by molar-refractivity contribution is 5.94. The molecule has 2 aromatic heterocycles. The van der Waals surface area contributed by atoms with Crippen molar-refractivity contribution in [1.29, 1.82) is 0 Å². The van der Waals surface area contributed by atoms with E-state index < -0.39 is 0 Å². The van der Waals surface area contributed by atoms with Crippen LogP contribution in [0.3, 0.4) is 0 Å². The fourth-order valence-electron chi connectivity index (χ4n) is 3.37. The zero-order chi connectivity index (χ0) is 19.3. The number of aryl methyl sites for hydroxylation is 1. The molecule has 0 saturated carbocycles. The quantitative estimate of drug-likeness (QED) is 0.644. The largest absolute Gasteiger partial charge is 0.356 e. The number of carbonyl (C=O) groups is 1. The van der Waals surface area contributed by atoms with E-state index in [1.54, 1.807) is 6.07 Å². The van der Waals surface area contributed by atoms with Crippen molar-refractivity contribution < 1.29 is 4.79 Å². The number of pyridine rings is 1. The van der Waals surface area contributed by atoms with Crippen LogP contribution in [0.4, 0.5) is 11.8 Å². The van der Waals surface area contributed by atoms with Crippen LogP contribution >= 0.6 is 0 Å². The summed E-state index contributed by atoms with van der Waals surface area (Å²) in [6, 6.07) is 13.4. The van der Waals surface area contributed by atoms with Crippen molar-refractivity contribution in [2.75, 3.05) is 36.4 Å². The summed E-state index contributed by atoms with van der Waals surface area (Å²) in [5.74, 6) is 1.38. The maximum absolute atomic E-state index is 12.3. The topological polar surface area (TPSA) is 83.0 Å². The molecule has 1 amide bonds. The number of para-hydroxylation sites is 1. The van der Waals surface area contributed by atoms with Gasteiger partial charge in [0.25, 0.3) is 5.91 Å². The Morgan fingerprint density at radius 1 is 1.04 bits per heavy atom. The SMILES string of the molecule is Cc1cc(N2CCCC2)nc(NCCNC(=O)c2ccc3ccccc3n2)n1. The predicted molar refractivity (Wildman–Crippen MR) is 111 cm³/mol. The minimum Gasteiger partial charge on any atom is -0.356 e. The van der Waals surface area contributed by atoms with E-state index in [1.807, 2.05) is 43.3 Å². The molecule has 3 heterocycles. The van der Waals surface area contributed by atoms with Crippen LogP contribution in [0.5, 0.6) is 0 Å². The van der Waals surface area contributed by atoms with E-state index in [-0.39, 0.29) is 5.91 Å². The van der Waals surface area contributed by atoms with Crippen molar-refractivity contribution in [3.8, 4) is 0 Å². The van der Waals surface area contributed by atoms with Crippen LogP contribution in [-0.4, -0.2) is 47.0 Å². The number of carbonyl (C=O) groups excluding carboxylic acids is 1. The first-order valence-electron chi connectivity index (χ1n) is 9.67. The summed E-state index contributed by atoms with van der Waals surface area (Å²) in [6.07, 6.45) is 2.42. The van der Waals surface area contributed by atoms with E-state index in [9.17, 15) is 4.79 Å². The first-order valence-corrected chi connectivity index (χ1v) is 9.67. The summed E-state index contributed by atoms with van der Waals surface area (Å²) >= 11 is 0. The van der Waals surface area contributed by atoms with Crippen molar-refractivity contribution in [2.24, 2.45) is 0 Å². The molecule has 0 unspecified atom stereocenters. The zero-order valence-electron chi connectivity index (χ0n) is 16.0. The maximum atomic E-state index is 12.3. The van der Waals surface area contributed by atoms with Gasteiger partial charge in [-0.1, -0.05) is 24.3 Å². The first kappa shape index (κ1) is 18.2. The Labute approximate surface area is 164 Å². The van der Waals surface area contributed by atoms with Crippen LogP contribution in [0.15, 0.2) is 42.5 Å². The third-order valence-corrected chi connectivity index (χ3v) is 4.80. The lowest BCUT2D eigenvalue weighted by atomic mass is 10.2. The number of hydrogen-bond acceptors (Lipinski definition) is 6. The molecule has 1 aliphatic rings. The monoisotopic (exact) mass is 376 g/mol. The van der Waals surface area contributed by atoms with E-state index in [4.69, 9.17) is 0 Å². The van der Waals surface area contributed by atoms with E-state index in [2.05, 4.69) is 30.5 Å². The molecule has 1 aliphatic heterocycles. The van der Waals surface area contributed by atoms with E-state index in [0.717, 1.165) is 35.5 Å². The number of fused-ring (bicyclic) bond motifs is 1. The molecule has 28 heavy (non-hydrogen) atoms. The third kappa shape index (κ3) is 4.19. The molecule has 4 rings (SSSR count). The number of rotatable bonds is 6. The molecule has 3 aromatic rings. The predicted octanol–water partition coefficient (Wildman–Crippen LogP) is 2.78. The summed E-state index contributed by atoms with van der Waals surface area (Å²) < 4.78 is 0. The van der Waals surface area contributed by atoms with Crippen LogP contribution in [0.25, 0.3) is 10.9 Å². The summed E-state index contributed by atoms with van der Waals surface area (Å²) in [7, 11) is 0. The number of benzene rings is 1. The molecule has 2 N–H and O–H groups in total. The second-order valence-electron chi connectivity index (χ2n) is 6.96. The van der Waals surface area contributed by atoms with Crippen LogP contribution in [-0.2, 0) is 0 Å². The van der Waals surface area contributed by atoms with Crippen LogP contribution in [0.1, 0.15) is 29.0 Å².